The zero-order chi connectivity index (χ0) is 13.7. The van der Waals surface area contributed by atoms with E-state index in [4.69, 9.17) is 10.5 Å². The van der Waals surface area contributed by atoms with Gasteiger partial charge in [0.05, 0.1) is 18.1 Å². The lowest BCUT2D eigenvalue weighted by atomic mass is 9.99. The number of rotatable bonds is 3. The molecule has 0 unspecified atom stereocenters. The molecular formula is C14H15FN4. The normalized spacial score (nSPS) is 17.4. The summed E-state index contributed by atoms with van der Waals surface area (Å²) in [5.41, 5.74) is 0.872. The van der Waals surface area contributed by atoms with E-state index in [0.717, 1.165) is 31.7 Å². The first-order chi connectivity index (χ1) is 9.26. The van der Waals surface area contributed by atoms with E-state index in [-0.39, 0.29) is 11.6 Å². The van der Waals surface area contributed by atoms with Crippen molar-refractivity contribution in [3.63, 3.8) is 0 Å². The van der Waals surface area contributed by atoms with Gasteiger partial charge in [0.2, 0.25) is 0 Å². The molecule has 0 radical (unpaired) electrons. The number of piperazine rings is 1. The summed E-state index contributed by atoms with van der Waals surface area (Å²) in [6, 6.07) is 8.48. The third kappa shape index (κ3) is 3.08. The zero-order valence-electron chi connectivity index (χ0n) is 10.6. The highest BCUT2D eigenvalue weighted by Gasteiger charge is 2.22. The summed E-state index contributed by atoms with van der Waals surface area (Å²) < 4.78 is 13.4. The fourth-order valence-corrected chi connectivity index (χ4v) is 2.37. The number of nitrogens with one attached hydrogen (secondary N) is 1. The van der Waals surface area contributed by atoms with Gasteiger partial charge in [0, 0.05) is 32.2 Å². The van der Waals surface area contributed by atoms with Crippen molar-refractivity contribution in [3.8, 4) is 12.1 Å². The maximum atomic E-state index is 13.4. The molecule has 1 aromatic rings. The first kappa shape index (κ1) is 13.5. The number of halogens is 1. The summed E-state index contributed by atoms with van der Waals surface area (Å²) in [6.45, 7) is 3.47. The molecule has 1 saturated heterocycles. The van der Waals surface area contributed by atoms with Gasteiger partial charge in [-0.1, -0.05) is 6.07 Å². The van der Waals surface area contributed by atoms with Crippen LogP contribution in [0.2, 0.25) is 0 Å². The predicted molar refractivity (Wildman–Crippen MR) is 68.5 cm³/mol. The van der Waals surface area contributed by atoms with Crippen molar-refractivity contribution in [2.24, 2.45) is 0 Å². The maximum absolute atomic E-state index is 13.4. The molecule has 1 heterocycles. The smallest absolute Gasteiger partial charge is 0.140 e. The van der Waals surface area contributed by atoms with E-state index < -0.39 is 5.82 Å². The van der Waals surface area contributed by atoms with Gasteiger partial charge in [-0.15, -0.1) is 0 Å². The Bertz CT molecular complexity index is 523. The van der Waals surface area contributed by atoms with Gasteiger partial charge in [0.25, 0.3) is 0 Å². The van der Waals surface area contributed by atoms with Crippen LogP contribution in [0.15, 0.2) is 18.2 Å². The SMILES string of the molecule is N#CC[C@@H](c1ccc(F)c(C#N)c1)N1CCNCC1. The third-order valence-corrected chi connectivity index (χ3v) is 3.37. The van der Waals surface area contributed by atoms with Gasteiger partial charge in [0.15, 0.2) is 0 Å². The molecule has 1 aromatic carbocycles. The second-order valence-electron chi connectivity index (χ2n) is 4.52. The zero-order valence-corrected chi connectivity index (χ0v) is 10.6. The lowest BCUT2D eigenvalue weighted by Crippen LogP contribution is -2.45. The maximum Gasteiger partial charge on any atom is 0.140 e. The van der Waals surface area contributed by atoms with Crippen molar-refractivity contribution < 1.29 is 4.39 Å². The Kier molecular flexibility index (Phi) is 4.46. The van der Waals surface area contributed by atoms with Gasteiger partial charge in [-0.3, -0.25) is 4.90 Å². The van der Waals surface area contributed by atoms with Crippen molar-refractivity contribution in [3.05, 3.63) is 35.1 Å². The summed E-state index contributed by atoms with van der Waals surface area (Å²) in [6.07, 6.45) is 0.344. The highest BCUT2D eigenvalue weighted by atomic mass is 19.1. The van der Waals surface area contributed by atoms with E-state index in [9.17, 15) is 4.39 Å². The molecule has 0 spiro atoms. The molecule has 1 fully saturated rings. The van der Waals surface area contributed by atoms with Crippen LogP contribution in [0.5, 0.6) is 0 Å². The molecule has 5 heteroatoms. The first-order valence-electron chi connectivity index (χ1n) is 6.27. The average Bonchev–Trinajstić information content (AvgIpc) is 2.46. The molecule has 1 aliphatic rings. The Balaban J connectivity index is 2.28. The summed E-state index contributed by atoms with van der Waals surface area (Å²) in [4.78, 5) is 2.20. The minimum absolute atomic E-state index is 0.0376. The summed E-state index contributed by atoms with van der Waals surface area (Å²) in [7, 11) is 0. The fraction of sp³-hybridized carbons (Fsp3) is 0.429. The number of hydrogen-bond acceptors (Lipinski definition) is 4. The molecule has 0 amide bonds. The second-order valence-corrected chi connectivity index (χ2v) is 4.52. The van der Waals surface area contributed by atoms with Gasteiger partial charge < -0.3 is 5.32 Å². The quantitative estimate of drug-likeness (QED) is 0.893. The Morgan fingerprint density at radius 1 is 1.32 bits per heavy atom. The standard InChI is InChI=1S/C14H15FN4/c15-13-2-1-11(9-12(13)10-17)14(3-4-16)19-7-5-18-6-8-19/h1-2,9,14,18H,3,5-8H2/t14-/m0/s1. The van der Waals surface area contributed by atoms with Crippen molar-refractivity contribution in [1.82, 2.24) is 10.2 Å². The topological polar surface area (TPSA) is 62.9 Å². The first-order valence-corrected chi connectivity index (χ1v) is 6.27. The van der Waals surface area contributed by atoms with Crippen LogP contribution in [0.3, 0.4) is 0 Å². The fourth-order valence-electron chi connectivity index (χ4n) is 2.37. The van der Waals surface area contributed by atoms with E-state index in [2.05, 4.69) is 16.3 Å². The van der Waals surface area contributed by atoms with Crippen molar-refractivity contribution in [1.29, 1.82) is 10.5 Å². The van der Waals surface area contributed by atoms with Gasteiger partial charge in [-0.2, -0.15) is 10.5 Å². The Morgan fingerprint density at radius 2 is 2.05 bits per heavy atom. The monoisotopic (exact) mass is 258 g/mol. The van der Waals surface area contributed by atoms with E-state index in [0.29, 0.717) is 6.42 Å². The third-order valence-electron chi connectivity index (χ3n) is 3.37. The van der Waals surface area contributed by atoms with E-state index in [1.54, 1.807) is 12.1 Å². The van der Waals surface area contributed by atoms with E-state index in [1.165, 1.54) is 6.07 Å². The van der Waals surface area contributed by atoms with E-state index >= 15 is 0 Å². The van der Waals surface area contributed by atoms with Crippen LogP contribution in [-0.4, -0.2) is 31.1 Å². The minimum Gasteiger partial charge on any atom is -0.314 e. The van der Waals surface area contributed by atoms with Crippen LogP contribution in [-0.2, 0) is 0 Å². The van der Waals surface area contributed by atoms with Crippen LogP contribution in [0, 0.1) is 28.5 Å². The molecule has 0 aromatic heterocycles. The van der Waals surface area contributed by atoms with Crippen LogP contribution in [0.1, 0.15) is 23.6 Å². The molecule has 1 atom stereocenters. The number of hydrogen-bond donors (Lipinski definition) is 1. The molecule has 4 nitrogen and oxygen atoms in total. The van der Waals surface area contributed by atoms with Crippen LogP contribution in [0.4, 0.5) is 4.39 Å². The summed E-state index contributed by atoms with van der Waals surface area (Å²) in [5, 5.41) is 21.1. The molecule has 2 rings (SSSR count). The van der Waals surface area contributed by atoms with Crippen molar-refractivity contribution in [2.75, 3.05) is 26.2 Å². The van der Waals surface area contributed by atoms with Crippen molar-refractivity contribution in [2.45, 2.75) is 12.5 Å². The molecule has 19 heavy (non-hydrogen) atoms. The molecule has 1 aliphatic heterocycles. The Labute approximate surface area is 112 Å². The van der Waals surface area contributed by atoms with Gasteiger partial charge >= 0.3 is 0 Å². The molecule has 1 N–H and O–H groups in total. The van der Waals surface area contributed by atoms with E-state index in [1.807, 2.05) is 6.07 Å². The highest BCUT2D eigenvalue weighted by Crippen LogP contribution is 2.25. The van der Waals surface area contributed by atoms with Crippen LogP contribution in [0.25, 0.3) is 0 Å². The lowest BCUT2D eigenvalue weighted by molar-refractivity contribution is 0.175. The molecular weight excluding hydrogens is 243 g/mol. The highest BCUT2D eigenvalue weighted by molar-refractivity contribution is 5.36. The average molecular weight is 258 g/mol. The minimum atomic E-state index is -0.512. The number of nitrogens with zero attached hydrogens (tertiary/aromatic N) is 3. The molecule has 0 saturated carbocycles. The van der Waals surface area contributed by atoms with Crippen LogP contribution >= 0.6 is 0 Å². The molecule has 98 valence electrons. The predicted octanol–water partition coefficient (Wildman–Crippen LogP) is 1.56. The number of benzene rings is 1. The summed E-state index contributed by atoms with van der Waals surface area (Å²) in [5.74, 6) is -0.512. The lowest BCUT2D eigenvalue weighted by Gasteiger charge is -2.34. The van der Waals surface area contributed by atoms with Crippen molar-refractivity contribution >= 4 is 0 Å². The molecule has 0 aliphatic carbocycles. The molecule has 0 bridgehead atoms. The van der Waals surface area contributed by atoms with Crippen LogP contribution < -0.4 is 5.32 Å². The van der Waals surface area contributed by atoms with Gasteiger partial charge in [0.1, 0.15) is 11.9 Å². The summed E-state index contributed by atoms with van der Waals surface area (Å²) >= 11 is 0. The van der Waals surface area contributed by atoms with Gasteiger partial charge in [-0.05, 0) is 17.7 Å². The Hall–Kier alpha value is -1.95. The largest absolute Gasteiger partial charge is 0.314 e. The van der Waals surface area contributed by atoms with Gasteiger partial charge in [-0.25, -0.2) is 4.39 Å². The number of nitriles is 2. The Morgan fingerprint density at radius 3 is 2.68 bits per heavy atom. The second kappa shape index (κ2) is 6.29.